The normalized spacial score (nSPS) is 11.4. The van der Waals surface area contributed by atoms with Gasteiger partial charge in [-0.15, -0.1) is 0 Å². The summed E-state index contributed by atoms with van der Waals surface area (Å²) in [6, 6.07) is 80.7. The third kappa shape index (κ3) is 5.74. The standard InChI is InChI=1S/C56H37NO/c1-2-18-40(19-3-1)45-22-8-9-24-48(45)49-25-11-14-28-52(49)57(51-27-13-10-23-46(51)43-32-30-38-16-4-6-20-41(38)36-43)53-35-34-47(44-33-31-39-17-5-7-21-42(39)37-44)56-55(53)50-26-12-15-29-54(50)58-56/h1-37H. The monoisotopic (exact) mass is 739 g/mol. The zero-order chi connectivity index (χ0) is 38.4. The summed E-state index contributed by atoms with van der Waals surface area (Å²) in [7, 11) is 0. The van der Waals surface area contributed by atoms with E-state index in [4.69, 9.17) is 4.42 Å². The van der Waals surface area contributed by atoms with Gasteiger partial charge in [-0.05, 0) is 91.8 Å². The molecule has 0 unspecified atom stereocenters. The number of para-hydroxylation sites is 3. The van der Waals surface area contributed by atoms with Crippen LogP contribution < -0.4 is 4.90 Å². The van der Waals surface area contributed by atoms with E-state index in [0.717, 1.165) is 66.8 Å². The van der Waals surface area contributed by atoms with Gasteiger partial charge in [-0.3, -0.25) is 0 Å². The van der Waals surface area contributed by atoms with Gasteiger partial charge in [0.2, 0.25) is 0 Å². The highest BCUT2D eigenvalue weighted by Gasteiger charge is 2.26. The SMILES string of the molecule is c1ccc(-c2ccccc2-c2ccccc2N(c2ccccc2-c2ccc3ccccc3c2)c2ccc(-c3ccc4ccccc4c3)c3oc4ccccc4c23)cc1. The maximum Gasteiger partial charge on any atom is 0.145 e. The zero-order valence-electron chi connectivity index (χ0n) is 31.7. The van der Waals surface area contributed by atoms with Crippen molar-refractivity contribution in [1.82, 2.24) is 0 Å². The largest absolute Gasteiger partial charge is 0.455 e. The molecule has 10 aromatic carbocycles. The Morgan fingerprint density at radius 2 is 0.810 bits per heavy atom. The highest BCUT2D eigenvalue weighted by Crippen LogP contribution is 2.51. The molecular formula is C56H37NO. The average molecular weight is 740 g/mol. The van der Waals surface area contributed by atoms with Gasteiger partial charge in [-0.2, -0.15) is 0 Å². The predicted molar refractivity (Wildman–Crippen MR) is 245 cm³/mol. The molecule has 0 fully saturated rings. The minimum absolute atomic E-state index is 0.859. The lowest BCUT2D eigenvalue weighted by molar-refractivity contribution is 0.670. The number of furan rings is 1. The third-order valence-corrected chi connectivity index (χ3v) is 11.5. The lowest BCUT2D eigenvalue weighted by Gasteiger charge is -2.31. The van der Waals surface area contributed by atoms with Crippen LogP contribution in [-0.4, -0.2) is 0 Å². The number of hydrogen-bond acceptors (Lipinski definition) is 2. The van der Waals surface area contributed by atoms with Crippen molar-refractivity contribution in [1.29, 1.82) is 0 Å². The highest BCUT2D eigenvalue weighted by atomic mass is 16.3. The van der Waals surface area contributed by atoms with Crippen LogP contribution in [0.4, 0.5) is 17.1 Å². The van der Waals surface area contributed by atoms with Crippen LogP contribution in [0, 0.1) is 0 Å². The molecule has 58 heavy (non-hydrogen) atoms. The van der Waals surface area contributed by atoms with Crippen molar-refractivity contribution in [2.24, 2.45) is 0 Å². The molecule has 2 nitrogen and oxygen atoms in total. The molecule has 2 heteroatoms. The molecule has 0 bridgehead atoms. The number of rotatable bonds is 7. The Balaban J connectivity index is 1.22. The topological polar surface area (TPSA) is 16.4 Å². The minimum Gasteiger partial charge on any atom is -0.455 e. The first kappa shape index (κ1) is 33.6. The maximum atomic E-state index is 6.94. The minimum atomic E-state index is 0.859. The Morgan fingerprint density at radius 1 is 0.293 bits per heavy atom. The van der Waals surface area contributed by atoms with Crippen molar-refractivity contribution in [3.05, 3.63) is 224 Å². The van der Waals surface area contributed by atoms with Gasteiger partial charge in [0.1, 0.15) is 11.2 Å². The first-order valence-corrected chi connectivity index (χ1v) is 19.8. The zero-order valence-corrected chi connectivity index (χ0v) is 31.7. The van der Waals surface area contributed by atoms with E-state index in [1.165, 1.54) is 38.2 Å². The van der Waals surface area contributed by atoms with Gasteiger partial charge in [0.15, 0.2) is 0 Å². The van der Waals surface area contributed by atoms with Crippen LogP contribution in [0.3, 0.4) is 0 Å². The molecule has 0 atom stereocenters. The van der Waals surface area contributed by atoms with Gasteiger partial charge < -0.3 is 9.32 Å². The van der Waals surface area contributed by atoms with E-state index < -0.39 is 0 Å². The molecule has 0 aliphatic carbocycles. The number of hydrogen-bond donors (Lipinski definition) is 0. The van der Waals surface area contributed by atoms with Crippen LogP contribution in [0.25, 0.3) is 88.0 Å². The summed E-state index contributed by atoms with van der Waals surface area (Å²) in [6.45, 7) is 0. The van der Waals surface area contributed by atoms with Gasteiger partial charge >= 0.3 is 0 Å². The second kappa shape index (κ2) is 14.1. The van der Waals surface area contributed by atoms with E-state index in [1.54, 1.807) is 0 Å². The number of nitrogens with zero attached hydrogens (tertiary/aromatic N) is 1. The highest BCUT2D eigenvalue weighted by molar-refractivity contribution is 6.18. The molecule has 0 N–H and O–H groups in total. The summed E-state index contributed by atoms with van der Waals surface area (Å²) in [4.78, 5) is 2.47. The van der Waals surface area contributed by atoms with Crippen LogP contribution in [0.15, 0.2) is 229 Å². The Morgan fingerprint density at radius 3 is 1.52 bits per heavy atom. The van der Waals surface area contributed by atoms with E-state index >= 15 is 0 Å². The summed E-state index contributed by atoms with van der Waals surface area (Å²) in [6.07, 6.45) is 0. The first-order valence-electron chi connectivity index (χ1n) is 19.8. The van der Waals surface area contributed by atoms with Crippen LogP contribution in [0.2, 0.25) is 0 Å². The van der Waals surface area contributed by atoms with Gasteiger partial charge in [0, 0.05) is 22.1 Å². The molecule has 0 saturated carbocycles. The van der Waals surface area contributed by atoms with Crippen molar-refractivity contribution < 1.29 is 4.42 Å². The van der Waals surface area contributed by atoms with E-state index in [-0.39, 0.29) is 0 Å². The van der Waals surface area contributed by atoms with Crippen LogP contribution in [0.1, 0.15) is 0 Å². The molecule has 0 radical (unpaired) electrons. The predicted octanol–water partition coefficient (Wildman–Crippen LogP) is 16.0. The summed E-state index contributed by atoms with van der Waals surface area (Å²) in [5, 5.41) is 6.99. The fraction of sp³-hybridized carbons (Fsp3) is 0. The molecule has 0 aliphatic heterocycles. The fourth-order valence-electron chi connectivity index (χ4n) is 8.72. The van der Waals surface area contributed by atoms with Gasteiger partial charge in [-0.1, -0.05) is 182 Å². The first-order chi connectivity index (χ1) is 28.8. The summed E-state index contributed by atoms with van der Waals surface area (Å²) < 4.78 is 6.94. The fourth-order valence-corrected chi connectivity index (χ4v) is 8.72. The van der Waals surface area contributed by atoms with E-state index in [0.29, 0.717) is 0 Å². The number of fused-ring (bicyclic) bond motifs is 5. The average Bonchev–Trinajstić information content (AvgIpc) is 3.70. The Hall–Kier alpha value is -7.68. The van der Waals surface area contributed by atoms with Crippen LogP contribution in [0.5, 0.6) is 0 Å². The van der Waals surface area contributed by atoms with E-state index in [1.807, 2.05) is 0 Å². The summed E-state index contributed by atoms with van der Waals surface area (Å²) >= 11 is 0. The van der Waals surface area contributed by atoms with Crippen molar-refractivity contribution in [2.75, 3.05) is 4.90 Å². The van der Waals surface area contributed by atoms with Crippen molar-refractivity contribution >= 4 is 60.5 Å². The second-order valence-electron chi connectivity index (χ2n) is 14.8. The molecule has 11 aromatic rings. The number of anilines is 3. The van der Waals surface area contributed by atoms with Gasteiger partial charge in [0.25, 0.3) is 0 Å². The Labute approximate surface area is 337 Å². The molecule has 1 aromatic heterocycles. The molecule has 0 saturated heterocycles. The second-order valence-corrected chi connectivity index (χ2v) is 14.8. The summed E-state index contributed by atoms with van der Waals surface area (Å²) in [5.41, 5.74) is 14.1. The molecule has 0 amide bonds. The molecule has 1 heterocycles. The molecule has 0 spiro atoms. The number of benzene rings is 10. The van der Waals surface area contributed by atoms with Gasteiger partial charge in [0.05, 0.1) is 22.4 Å². The van der Waals surface area contributed by atoms with E-state index in [2.05, 4.69) is 229 Å². The van der Waals surface area contributed by atoms with Crippen molar-refractivity contribution in [3.8, 4) is 44.5 Å². The van der Waals surface area contributed by atoms with Crippen LogP contribution >= 0.6 is 0 Å². The third-order valence-electron chi connectivity index (χ3n) is 11.5. The lowest BCUT2D eigenvalue weighted by atomic mass is 9.92. The maximum absolute atomic E-state index is 6.94. The Bertz CT molecular complexity index is 3300. The molecule has 11 rings (SSSR count). The van der Waals surface area contributed by atoms with Crippen molar-refractivity contribution in [3.63, 3.8) is 0 Å². The molecular weight excluding hydrogens is 703 g/mol. The molecule has 272 valence electrons. The lowest BCUT2D eigenvalue weighted by Crippen LogP contribution is -2.13. The van der Waals surface area contributed by atoms with Crippen LogP contribution in [-0.2, 0) is 0 Å². The summed E-state index contributed by atoms with van der Waals surface area (Å²) in [5.74, 6) is 0. The molecule has 0 aliphatic rings. The quantitative estimate of drug-likeness (QED) is 0.162. The Kier molecular flexibility index (Phi) is 8.19. The van der Waals surface area contributed by atoms with Crippen molar-refractivity contribution in [2.45, 2.75) is 0 Å². The van der Waals surface area contributed by atoms with E-state index in [9.17, 15) is 0 Å². The smallest absolute Gasteiger partial charge is 0.145 e. The van der Waals surface area contributed by atoms with Gasteiger partial charge in [-0.25, -0.2) is 0 Å².